The number of carbonyl (C=O) groups is 1. The Balaban J connectivity index is 0.00000133. The molecule has 0 aliphatic carbocycles. The molecule has 0 aromatic carbocycles. The van der Waals surface area contributed by atoms with Gasteiger partial charge in [-0.25, -0.2) is 0 Å². The molecule has 1 atom stereocenters. The maximum atomic E-state index is 12.2. The highest BCUT2D eigenvalue weighted by molar-refractivity contribution is 5.85. The standard InChI is InChI=1S/C14H24N2O2.ClH/c17-13(10-12-2-1-9-18-12)16-7-4-14(5-8-16)3-6-15-11-14;/h12,15H,1-11H2;1H. The Morgan fingerprint density at radius 3 is 2.68 bits per heavy atom. The normalized spacial score (nSPS) is 29.5. The molecule has 5 heteroatoms. The lowest BCUT2D eigenvalue weighted by molar-refractivity contribution is -0.135. The number of halogens is 1. The van der Waals surface area contributed by atoms with Crippen LogP contribution in [0.5, 0.6) is 0 Å². The van der Waals surface area contributed by atoms with Crippen molar-refractivity contribution in [1.29, 1.82) is 0 Å². The Kier molecular flexibility index (Phi) is 5.09. The van der Waals surface area contributed by atoms with E-state index in [1.165, 1.54) is 19.3 Å². The molecule has 1 N–H and O–H groups in total. The fourth-order valence-corrected chi connectivity index (χ4v) is 3.58. The lowest BCUT2D eigenvalue weighted by atomic mass is 9.78. The van der Waals surface area contributed by atoms with Crippen molar-refractivity contribution in [2.45, 2.75) is 44.6 Å². The fraction of sp³-hybridized carbons (Fsp3) is 0.929. The molecule has 3 aliphatic rings. The molecule has 19 heavy (non-hydrogen) atoms. The average Bonchev–Trinajstić information content (AvgIpc) is 3.03. The topological polar surface area (TPSA) is 41.6 Å². The van der Waals surface area contributed by atoms with Crippen LogP contribution in [0.2, 0.25) is 0 Å². The van der Waals surface area contributed by atoms with Crippen molar-refractivity contribution in [3.63, 3.8) is 0 Å². The number of carbonyl (C=O) groups excluding carboxylic acids is 1. The van der Waals surface area contributed by atoms with Crippen molar-refractivity contribution in [2.75, 3.05) is 32.8 Å². The summed E-state index contributed by atoms with van der Waals surface area (Å²) in [5.74, 6) is 0.308. The minimum Gasteiger partial charge on any atom is -0.378 e. The van der Waals surface area contributed by atoms with Crippen LogP contribution in [0.4, 0.5) is 0 Å². The number of nitrogens with one attached hydrogen (secondary N) is 1. The molecule has 3 rings (SSSR count). The lowest BCUT2D eigenvalue weighted by Gasteiger charge is -2.39. The van der Waals surface area contributed by atoms with Gasteiger partial charge in [-0.1, -0.05) is 0 Å². The molecule has 0 radical (unpaired) electrons. The van der Waals surface area contributed by atoms with Gasteiger partial charge in [0.2, 0.25) is 5.91 Å². The number of likely N-dealkylation sites (tertiary alicyclic amines) is 1. The highest BCUT2D eigenvalue weighted by Gasteiger charge is 2.38. The SMILES string of the molecule is Cl.O=C(CC1CCCO1)N1CCC2(CCNC2)CC1. The van der Waals surface area contributed by atoms with Gasteiger partial charge < -0.3 is 15.0 Å². The van der Waals surface area contributed by atoms with E-state index in [0.29, 0.717) is 17.7 Å². The summed E-state index contributed by atoms with van der Waals surface area (Å²) in [6.45, 7) is 5.05. The summed E-state index contributed by atoms with van der Waals surface area (Å²) in [6, 6.07) is 0. The van der Waals surface area contributed by atoms with Crippen LogP contribution in [0.25, 0.3) is 0 Å². The zero-order chi connectivity index (χ0) is 12.4. The molecule has 1 spiro atoms. The number of ether oxygens (including phenoxy) is 1. The van der Waals surface area contributed by atoms with E-state index in [1.54, 1.807) is 0 Å². The molecule has 110 valence electrons. The molecule has 3 aliphatic heterocycles. The van der Waals surface area contributed by atoms with Gasteiger partial charge in [0.15, 0.2) is 0 Å². The Morgan fingerprint density at radius 1 is 1.32 bits per heavy atom. The van der Waals surface area contributed by atoms with Gasteiger partial charge in [0, 0.05) is 26.2 Å². The van der Waals surface area contributed by atoms with E-state index in [2.05, 4.69) is 10.2 Å². The molecule has 1 amide bonds. The number of hydrogen-bond acceptors (Lipinski definition) is 3. The van der Waals surface area contributed by atoms with Crippen LogP contribution in [-0.4, -0.2) is 49.7 Å². The van der Waals surface area contributed by atoms with Gasteiger partial charge >= 0.3 is 0 Å². The monoisotopic (exact) mass is 288 g/mol. The molecule has 0 aromatic heterocycles. The van der Waals surface area contributed by atoms with E-state index in [0.717, 1.165) is 45.6 Å². The van der Waals surface area contributed by atoms with E-state index in [-0.39, 0.29) is 18.5 Å². The summed E-state index contributed by atoms with van der Waals surface area (Å²) < 4.78 is 5.55. The van der Waals surface area contributed by atoms with Gasteiger partial charge in [0.1, 0.15) is 0 Å². The first kappa shape index (κ1) is 15.1. The predicted octanol–water partition coefficient (Wildman–Crippen LogP) is 1.58. The maximum absolute atomic E-state index is 12.2. The Morgan fingerprint density at radius 2 is 2.11 bits per heavy atom. The quantitative estimate of drug-likeness (QED) is 0.839. The number of hydrogen-bond donors (Lipinski definition) is 1. The van der Waals surface area contributed by atoms with Crippen LogP contribution >= 0.6 is 12.4 Å². The first-order valence-electron chi connectivity index (χ1n) is 7.38. The van der Waals surface area contributed by atoms with Crippen LogP contribution < -0.4 is 5.32 Å². The third-order valence-electron chi connectivity index (χ3n) is 4.94. The van der Waals surface area contributed by atoms with Crippen molar-refractivity contribution in [3.05, 3.63) is 0 Å². The highest BCUT2D eigenvalue weighted by atomic mass is 35.5. The average molecular weight is 289 g/mol. The van der Waals surface area contributed by atoms with Crippen LogP contribution in [0, 0.1) is 5.41 Å². The summed E-state index contributed by atoms with van der Waals surface area (Å²) in [6.07, 6.45) is 6.63. The molecular formula is C14H25ClN2O2. The molecule has 3 fully saturated rings. The van der Waals surface area contributed by atoms with Crippen molar-refractivity contribution in [3.8, 4) is 0 Å². The zero-order valence-electron chi connectivity index (χ0n) is 11.5. The fourth-order valence-electron chi connectivity index (χ4n) is 3.58. The first-order valence-corrected chi connectivity index (χ1v) is 7.38. The summed E-state index contributed by atoms with van der Waals surface area (Å²) in [5, 5.41) is 3.46. The Labute approximate surface area is 121 Å². The second kappa shape index (κ2) is 6.42. The zero-order valence-corrected chi connectivity index (χ0v) is 12.3. The van der Waals surface area contributed by atoms with Crippen molar-refractivity contribution < 1.29 is 9.53 Å². The van der Waals surface area contributed by atoms with Gasteiger partial charge in [-0.05, 0) is 44.1 Å². The van der Waals surface area contributed by atoms with Crippen LogP contribution in [0.15, 0.2) is 0 Å². The van der Waals surface area contributed by atoms with Gasteiger partial charge in [0.25, 0.3) is 0 Å². The molecule has 0 bridgehead atoms. The second-order valence-electron chi connectivity index (χ2n) is 6.15. The number of rotatable bonds is 2. The van der Waals surface area contributed by atoms with Gasteiger partial charge in [-0.15, -0.1) is 12.4 Å². The third-order valence-corrected chi connectivity index (χ3v) is 4.94. The molecule has 4 nitrogen and oxygen atoms in total. The molecule has 0 aromatic rings. The lowest BCUT2D eigenvalue weighted by Crippen LogP contribution is -2.44. The van der Waals surface area contributed by atoms with Gasteiger partial charge in [0.05, 0.1) is 12.5 Å². The predicted molar refractivity (Wildman–Crippen MR) is 76.6 cm³/mol. The van der Waals surface area contributed by atoms with Crippen LogP contribution in [0.3, 0.4) is 0 Å². The van der Waals surface area contributed by atoms with Gasteiger partial charge in [-0.3, -0.25) is 4.79 Å². The summed E-state index contributed by atoms with van der Waals surface area (Å²) in [5.41, 5.74) is 0.501. The van der Waals surface area contributed by atoms with Gasteiger partial charge in [-0.2, -0.15) is 0 Å². The number of piperidine rings is 1. The smallest absolute Gasteiger partial charge is 0.225 e. The Bertz CT molecular complexity index is 303. The van der Waals surface area contributed by atoms with Crippen molar-refractivity contribution in [1.82, 2.24) is 10.2 Å². The molecule has 3 saturated heterocycles. The van der Waals surface area contributed by atoms with Crippen LogP contribution in [0.1, 0.15) is 38.5 Å². The largest absolute Gasteiger partial charge is 0.378 e. The molecular weight excluding hydrogens is 264 g/mol. The highest BCUT2D eigenvalue weighted by Crippen LogP contribution is 2.37. The van der Waals surface area contributed by atoms with Crippen molar-refractivity contribution >= 4 is 18.3 Å². The Hall–Kier alpha value is -0.320. The van der Waals surface area contributed by atoms with Crippen LogP contribution in [-0.2, 0) is 9.53 Å². The second-order valence-corrected chi connectivity index (χ2v) is 6.15. The van der Waals surface area contributed by atoms with E-state index in [9.17, 15) is 4.79 Å². The summed E-state index contributed by atoms with van der Waals surface area (Å²) in [7, 11) is 0. The van der Waals surface area contributed by atoms with E-state index in [4.69, 9.17) is 4.74 Å². The molecule has 0 saturated carbocycles. The number of nitrogens with zero attached hydrogens (tertiary/aromatic N) is 1. The number of amides is 1. The summed E-state index contributed by atoms with van der Waals surface area (Å²) in [4.78, 5) is 14.2. The van der Waals surface area contributed by atoms with Crippen molar-refractivity contribution in [2.24, 2.45) is 5.41 Å². The van der Waals surface area contributed by atoms with E-state index >= 15 is 0 Å². The van der Waals surface area contributed by atoms with E-state index in [1.807, 2.05) is 0 Å². The van der Waals surface area contributed by atoms with E-state index < -0.39 is 0 Å². The minimum absolute atomic E-state index is 0. The third kappa shape index (κ3) is 3.41. The maximum Gasteiger partial charge on any atom is 0.225 e. The molecule has 1 unspecified atom stereocenters. The molecule has 3 heterocycles. The first-order chi connectivity index (χ1) is 8.77. The minimum atomic E-state index is 0. The summed E-state index contributed by atoms with van der Waals surface area (Å²) >= 11 is 0.